The lowest BCUT2D eigenvalue weighted by atomic mass is 10.1. The highest BCUT2D eigenvalue weighted by Crippen LogP contribution is 2.25. The molecule has 0 saturated heterocycles. The van der Waals surface area contributed by atoms with Crippen molar-refractivity contribution in [2.24, 2.45) is 0 Å². The molecule has 1 aromatic carbocycles. The van der Waals surface area contributed by atoms with E-state index in [-0.39, 0.29) is 5.56 Å². The molecule has 5 heteroatoms. The van der Waals surface area contributed by atoms with Crippen LogP contribution in [0.15, 0.2) is 24.5 Å². The smallest absolute Gasteiger partial charge is 0.335 e. The van der Waals surface area contributed by atoms with Gasteiger partial charge in [0.25, 0.3) is 0 Å². The summed E-state index contributed by atoms with van der Waals surface area (Å²) in [5, 5.41) is 9.56. The molecule has 1 N–H and O–H groups in total. The first-order chi connectivity index (χ1) is 8.93. The summed E-state index contributed by atoms with van der Waals surface area (Å²) in [5.74, 6) is 1.84. The molecular formula is C14H12N2O3. The molecule has 0 radical (unpaired) electrons. The Labute approximate surface area is 110 Å². The second-order valence-corrected chi connectivity index (χ2v) is 4.47. The zero-order valence-electron chi connectivity index (χ0n) is 10.5. The Kier molecular flexibility index (Phi) is 3.09. The number of carboxylic acids is 1. The zero-order valence-corrected chi connectivity index (χ0v) is 10.5. The molecule has 0 aliphatic rings. The number of hydrogen-bond acceptors (Lipinski definition) is 4. The molecule has 1 heterocycles. The molecule has 5 nitrogen and oxygen atoms in total. The molecule has 2 rings (SSSR count). The molecular weight excluding hydrogens is 244 g/mol. The molecule has 96 valence electrons. The molecule has 1 aromatic heterocycles. The van der Waals surface area contributed by atoms with Gasteiger partial charge in [0.2, 0.25) is 5.88 Å². The van der Waals surface area contributed by atoms with Crippen LogP contribution in [0.2, 0.25) is 0 Å². The van der Waals surface area contributed by atoms with E-state index in [4.69, 9.17) is 16.3 Å². The van der Waals surface area contributed by atoms with E-state index in [9.17, 15) is 4.79 Å². The minimum absolute atomic E-state index is 0.161. The predicted octanol–water partition coefficient (Wildman–Crippen LogP) is 2.12. The average Bonchev–Trinajstić information content (AvgIpc) is 2.38. The van der Waals surface area contributed by atoms with Crippen molar-refractivity contribution in [3.8, 4) is 18.2 Å². The molecule has 0 bridgehead atoms. The van der Waals surface area contributed by atoms with E-state index in [1.54, 1.807) is 19.9 Å². The number of ether oxygens (including phenoxy) is 1. The van der Waals surface area contributed by atoms with Gasteiger partial charge < -0.3 is 9.84 Å². The van der Waals surface area contributed by atoms with Crippen LogP contribution < -0.4 is 4.74 Å². The summed E-state index contributed by atoms with van der Waals surface area (Å²) >= 11 is 0. The number of benzene rings is 1. The highest BCUT2D eigenvalue weighted by Gasteiger charge is 2.18. The van der Waals surface area contributed by atoms with E-state index in [0.29, 0.717) is 16.8 Å². The second kappa shape index (κ2) is 4.58. The number of carboxylic acid groups (broad SMARTS) is 1. The lowest BCUT2D eigenvalue weighted by molar-refractivity contribution is 0.0697. The van der Waals surface area contributed by atoms with Crippen LogP contribution in [0.4, 0.5) is 0 Å². The Morgan fingerprint density at radius 3 is 2.79 bits per heavy atom. The highest BCUT2D eigenvalue weighted by atomic mass is 16.5. The lowest BCUT2D eigenvalue weighted by Crippen LogP contribution is -2.26. The minimum Gasteiger partial charge on any atom is -0.478 e. The number of aromatic nitrogens is 2. The van der Waals surface area contributed by atoms with Gasteiger partial charge in [0.1, 0.15) is 6.33 Å². The number of terminal acetylenes is 1. The first kappa shape index (κ1) is 12.8. The fraction of sp³-hybridized carbons (Fsp3) is 0.214. The van der Waals surface area contributed by atoms with Gasteiger partial charge in [0.15, 0.2) is 5.60 Å². The Morgan fingerprint density at radius 1 is 1.42 bits per heavy atom. The molecule has 0 saturated carbocycles. The van der Waals surface area contributed by atoms with Crippen LogP contribution in [0, 0.1) is 12.3 Å². The van der Waals surface area contributed by atoms with Gasteiger partial charge in [0.05, 0.1) is 16.5 Å². The van der Waals surface area contributed by atoms with Crippen LogP contribution in [0.25, 0.3) is 10.9 Å². The van der Waals surface area contributed by atoms with Crippen LogP contribution in [0.1, 0.15) is 24.2 Å². The van der Waals surface area contributed by atoms with Crippen molar-refractivity contribution in [1.82, 2.24) is 9.97 Å². The third kappa shape index (κ3) is 2.63. The molecule has 0 spiro atoms. The number of fused-ring (bicyclic) bond motifs is 1. The summed E-state index contributed by atoms with van der Waals surface area (Å²) in [5.41, 5.74) is -0.140. The average molecular weight is 256 g/mol. The normalized spacial score (nSPS) is 11.0. The van der Waals surface area contributed by atoms with Crippen molar-refractivity contribution in [1.29, 1.82) is 0 Å². The molecule has 19 heavy (non-hydrogen) atoms. The first-order valence-corrected chi connectivity index (χ1v) is 5.58. The van der Waals surface area contributed by atoms with Gasteiger partial charge >= 0.3 is 5.97 Å². The summed E-state index contributed by atoms with van der Waals surface area (Å²) in [4.78, 5) is 19.0. The third-order valence-electron chi connectivity index (χ3n) is 2.55. The first-order valence-electron chi connectivity index (χ1n) is 5.58. The molecule has 0 fully saturated rings. The van der Waals surface area contributed by atoms with E-state index in [2.05, 4.69) is 15.9 Å². The largest absolute Gasteiger partial charge is 0.478 e. The number of nitrogens with zero attached hydrogens (tertiary/aromatic N) is 2. The van der Waals surface area contributed by atoms with Crippen LogP contribution in [0.3, 0.4) is 0 Å². The van der Waals surface area contributed by atoms with E-state index >= 15 is 0 Å². The fourth-order valence-electron chi connectivity index (χ4n) is 1.52. The number of hydrogen-bond donors (Lipinski definition) is 1. The topological polar surface area (TPSA) is 72.3 Å². The molecule has 0 aliphatic carbocycles. The van der Waals surface area contributed by atoms with Crippen LogP contribution >= 0.6 is 0 Å². The Hall–Kier alpha value is -2.61. The van der Waals surface area contributed by atoms with E-state index in [1.807, 2.05) is 0 Å². The monoisotopic (exact) mass is 256 g/mol. The van der Waals surface area contributed by atoms with Crippen molar-refractivity contribution in [3.63, 3.8) is 0 Å². The van der Waals surface area contributed by atoms with Gasteiger partial charge in [-0.2, -0.15) is 0 Å². The van der Waals surface area contributed by atoms with Crippen molar-refractivity contribution in [2.75, 3.05) is 0 Å². The van der Waals surface area contributed by atoms with Gasteiger partial charge in [-0.05, 0) is 32.0 Å². The molecule has 2 aromatic rings. The molecule has 0 amide bonds. The number of aromatic carboxylic acids is 1. The van der Waals surface area contributed by atoms with Gasteiger partial charge in [-0.25, -0.2) is 14.8 Å². The highest BCUT2D eigenvalue weighted by molar-refractivity contribution is 5.94. The quantitative estimate of drug-likeness (QED) is 0.851. The third-order valence-corrected chi connectivity index (χ3v) is 2.55. The second-order valence-electron chi connectivity index (χ2n) is 4.47. The Bertz CT molecular complexity index is 687. The molecule has 0 aliphatic heterocycles. The maximum Gasteiger partial charge on any atom is 0.335 e. The summed E-state index contributed by atoms with van der Waals surface area (Å²) < 4.78 is 5.63. The zero-order chi connectivity index (χ0) is 14.0. The summed E-state index contributed by atoms with van der Waals surface area (Å²) in [6.07, 6.45) is 6.68. The van der Waals surface area contributed by atoms with Crippen molar-refractivity contribution < 1.29 is 14.6 Å². The van der Waals surface area contributed by atoms with E-state index in [0.717, 1.165) is 0 Å². The summed E-state index contributed by atoms with van der Waals surface area (Å²) in [6.45, 7) is 3.49. The Morgan fingerprint density at radius 2 is 2.16 bits per heavy atom. The van der Waals surface area contributed by atoms with E-state index < -0.39 is 11.6 Å². The number of carbonyl (C=O) groups is 1. The van der Waals surface area contributed by atoms with Crippen molar-refractivity contribution in [2.45, 2.75) is 19.4 Å². The number of rotatable bonds is 3. The maximum atomic E-state index is 10.9. The standard InChI is InChI=1S/C14H12N2O3/c1-4-14(2,3)19-12-10-6-5-9(13(17)18)7-11(10)15-8-16-12/h1,5-8H,2-3H3,(H,17,18). The van der Waals surface area contributed by atoms with Gasteiger partial charge in [-0.3, -0.25) is 0 Å². The van der Waals surface area contributed by atoms with Crippen LogP contribution in [-0.4, -0.2) is 26.6 Å². The fourth-order valence-corrected chi connectivity index (χ4v) is 1.52. The predicted molar refractivity (Wildman–Crippen MR) is 70.0 cm³/mol. The Balaban J connectivity index is 2.53. The van der Waals surface area contributed by atoms with Gasteiger partial charge in [0, 0.05) is 0 Å². The maximum absolute atomic E-state index is 10.9. The van der Waals surface area contributed by atoms with Crippen LogP contribution in [0.5, 0.6) is 5.88 Å². The van der Waals surface area contributed by atoms with E-state index in [1.165, 1.54) is 18.5 Å². The van der Waals surface area contributed by atoms with Crippen molar-refractivity contribution >= 4 is 16.9 Å². The molecule has 0 unspecified atom stereocenters. The SMILES string of the molecule is C#CC(C)(C)Oc1ncnc2cc(C(=O)O)ccc12. The van der Waals surface area contributed by atoms with Crippen molar-refractivity contribution in [3.05, 3.63) is 30.1 Å². The minimum atomic E-state index is -1.01. The van der Waals surface area contributed by atoms with Gasteiger partial charge in [-0.15, -0.1) is 6.42 Å². The summed E-state index contributed by atoms with van der Waals surface area (Å²) in [7, 11) is 0. The lowest BCUT2D eigenvalue weighted by Gasteiger charge is -2.20. The summed E-state index contributed by atoms with van der Waals surface area (Å²) in [6, 6.07) is 4.56. The van der Waals surface area contributed by atoms with Crippen LogP contribution in [-0.2, 0) is 0 Å². The molecule has 0 atom stereocenters. The van der Waals surface area contributed by atoms with Gasteiger partial charge in [-0.1, -0.05) is 5.92 Å².